The topological polar surface area (TPSA) is 21.7 Å². The maximum absolute atomic E-state index is 9.72. The van der Waals surface area contributed by atoms with Crippen molar-refractivity contribution in [2.75, 3.05) is 4.90 Å². The number of nitrogens with zero attached hydrogens (tertiary/aromatic N) is 1. The van der Waals surface area contributed by atoms with Crippen LogP contribution in [0.25, 0.3) is 0 Å². The highest BCUT2D eigenvalue weighted by molar-refractivity contribution is 6.98. The lowest BCUT2D eigenvalue weighted by atomic mass is 9.34. The largest absolute Gasteiger partial charge is 0.458 e. The Morgan fingerprint density at radius 3 is 1.73 bits per heavy atom. The van der Waals surface area contributed by atoms with Gasteiger partial charge in [-0.2, -0.15) is 0 Å². The lowest BCUT2D eigenvalue weighted by Gasteiger charge is -2.36. The first-order valence-corrected chi connectivity index (χ1v) is 16.9. The number of ether oxygens (including phenoxy) is 2. The zero-order valence-electron chi connectivity index (χ0n) is 37.8. The molecular formula is C44H46BNO2. The number of hydrogen-bond acceptors (Lipinski definition) is 3. The monoisotopic (exact) mass is 640 g/mol. The third-order valence-corrected chi connectivity index (χ3v) is 10.3. The summed E-state index contributed by atoms with van der Waals surface area (Å²) in [4.78, 5) is 1.32. The van der Waals surface area contributed by atoms with Gasteiger partial charge in [-0.25, -0.2) is 0 Å². The maximum atomic E-state index is 9.72. The van der Waals surface area contributed by atoms with Crippen LogP contribution in [0.1, 0.15) is 103 Å². The molecule has 4 heteroatoms. The molecule has 48 heavy (non-hydrogen) atoms. The van der Waals surface area contributed by atoms with Gasteiger partial charge in [0.05, 0.1) is 18.0 Å². The molecule has 5 aromatic rings. The molecule has 0 aromatic heterocycles. The Bertz CT molecular complexity index is 2420. The standard InChI is InChI=1S/C44H46BNO2/c1-42(2,3)29-18-20-37-35(25-29)45-36-26-30(43(4,5)6)19-21-38(36)48-40-28-34(27-39(47-37)41(40)45)46(32-15-9-8-10-16-32)33-17-13-14-31(24-33)44(7)22-11-12-23-44/h8-10,13-21,24-28H,11-12,22-23H2,1-7H3/i8D,9D,10D,13D,14D,15D,16D,17D,24D. The van der Waals surface area contributed by atoms with E-state index in [4.69, 9.17) is 19.1 Å². The molecule has 1 saturated carbocycles. The summed E-state index contributed by atoms with van der Waals surface area (Å²) in [6.45, 7) is 14.7. The number of benzene rings is 5. The summed E-state index contributed by atoms with van der Waals surface area (Å²) in [6, 6.07) is 11.8. The summed E-state index contributed by atoms with van der Waals surface area (Å²) >= 11 is 0. The third kappa shape index (κ3) is 5.21. The number of rotatable bonds is 4. The van der Waals surface area contributed by atoms with E-state index < -0.39 is 47.7 Å². The number of para-hydroxylation sites is 1. The molecule has 5 aromatic carbocycles. The Morgan fingerprint density at radius 1 is 0.646 bits per heavy atom. The molecule has 0 saturated heterocycles. The van der Waals surface area contributed by atoms with Crippen molar-refractivity contribution in [1.82, 2.24) is 0 Å². The third-order valence-electron chi connectivity index (χ3n) is 10.3. The lowest BCUT2D eigenvalue weighted by molar-refractivity contribution is 0.464. The summed E-state index contributed by atoms with van der Waals surface area (Å²) in [6.07, 6.45) is 3.15. The van der Waals surface area contributed by atoms with Crippen LogP contribution in [0.4, 0.5) is 17.1 Å². The molecule has 0 radical (unpaired) electrons. The highest BCUT2D eigenvalue weighted by atomic mass is 16.5. The molecule has 242 valence electrons. The summed E-state index contributed by atoms with van der Waals surface area (Å²) in [5, 5.41) is 0. The highest BCUT2D eigenvalue weighted by Gasteiger charge is 2.42. The molecular weight excluding hydrogens is 585 g/mol. The number of fused-ring (bicyclic) bond motifs is 4. The van der Waals surface area contributed by atoms with Crippen LogP contribution in [0.15, 0.2) is 103 Å². The molecule has 2 heterocycles. The Balaban J connectivity index is 1.45. The average molecular weight is 641 g/mol. The quantitative estimate of drug-likeness (QED) is 0.179. The lowest BCUT2D eigenvalue weighted by Crippen LogP contribution is -2.57. The Labute approximate surface area is 299 Å². The molecule has 0 spiro atoms. The van der Waals surface area contributed by atoms with Crippen LogP contribution in [-0.2, 0) is 16.2 Å². The van der Waals surface area contributed by atoms with E-state index in [0.29, 0.717) is 41.4 Å². The fourth-order valence-corrected chi connectivity index (χ4v) is 7.43. The van der Waals surface area contributed by atoms with Crippen molar-refractivity contribution in [2.24, 2.45) is 0 Å². The summed E-state index contributed by atoms with van der Waals surface area (Å²) in [5.41, 5.74) is 4.17. The molecule has 3 nitrogen and oxygen atoms in total. The van der Waals surface area contributed by atoms with Gasteiger partial charge in [0.2, 0.25) is 0 Å². The van der Waals surface area contributed by atoms with E-state index in [1.165, 1.54) is 4.90 Å². The van der Waals surface area contributed by atoms with E-state index >= 15 is 0 Å². The Morgan fingerprint density at radius 2 is 1.19 bits per heavy atom. The van der Waals surface area contributed by atoms with E-state index in [-0.39, 0.29) is 46.7 Å². The first-order valence-electron chi connectivity index (χ1n) is 21.4. The van der Waals surface area contributed by atoms with Crippen molar-refractivity contribution in [3.05, 3.63) is 120 Å². The van der Waals surface area contributed by atoms with Crippen LogP contribution < -0.4 is 30.8 Å². The molecule has 0 bridgehead atoms. The van der Waals surface area contributed by atoms with E-state index in [0.717, 1.165) is 40.4 Å². The zero-order chi connectivity index (χ0) is 41.3. The van der Waals surface area contributed by atoms with Gasteiger partial charge in [-0.05, 0) is 93.0 Å². The van der Waals surface area contributed by atoms with Crippen molar-refractivity contribution in [1.29, 1.82) is 0 Å². The predicted octanol–water partition coefficient (Wildman–Crippen LogP) is 10.3. The molecule has 1 fully saturated rings. The van der Waals surface area contributed by atoms with E-state index in [1.54, 1.807) is 12.1 Å². The van der Waals surface area contributed by atoms with Gasteiger partial charge >= 0.3 is 0 Å². The van der Waals surface area contributed by atoms with Crippen LogP contribution in [-0.4, -0.2) is 6.71 Å². The maximum Gasteiger partial charge on any atom is 0.260 e. The van der Waals surface area contributed by atoms with Gasteiger partial charge in [-0.15, -0.1) is 0 Å². The molecule has 0 atom stereocenters. The number of anilines is 3. The minimum Gasteiger partial charge on any atom is -0.458 e. The highest BCUT2D eigenvalue weighted by Crippen LogP contribution is 2.46. The van der Waals surface area contributed by atoms with Crippen LogP contribution in [0.5, 0.6) is 23.0 Å². The Hall–Kier alpha value is -4.44. The average Bonchev–Trinajstić information content (AvgIpc) is 3.59. The molecule has 8 rings (SSSR count). The van der Waals surface area contributed by atoms with Crippen LogP contribution >= 0.6 is 0 Å². The second-order valence-electron chi connectivity index (χ2n) is 15.8. The fourth-order valence-electron chi connectivity index (χ4n) is 7.43. The second-order valence-corrected chi connectivity index (χ2v) is 15.8. The molecule has 0 amide bonds. The van der Waals surface area contributed by atoms with Crippen molar-refractivity contribution in [2.45, 2.75) is 90.4 Å². The van der Waals surface area contributed by atoms with Gasteiger partial charge in [0.25, 0.3) is 6.71 Å². The molecule has 3 aliphatic rings. The van der Waals surface area contributed by atoms with Gasteiger partial charge in [-0.3, -0.25) is 0 Å². The van der Waals surface area contributed by atoms with E-state index in [1.807, 2.05) is 19.1 Å². The zero-order valence-corrected chi connectivity index (χ0v) is 28.8. The molecule has 1 aliphatic carbocycles. The minimum atomic E-state index is -0.621. The van der Waals surface area contributed by atoms with Crippen molar-refractivity contribution < 1.29 is 21.8 Å². The van der Waals surface area contributed by atoms with Crippen molar-refractivity contribution in [3.8, 4) is 23.0 Å². The van der Waals surface area contributed by atoms with Gasteiger partial charge in [0, 0.05) is 29.0 Å². The first kappa shape index (κ1) is 22.2. The van der Waals surface area contributed by atoms with Crippen molar-refractivity contribution >= 4 is 40.2 Å². The second kappa shape index (κ2) is 11.1. The summed E-state index contributed by atoms with van der Waals surface area (Å²) in [7, 11) is 0. The van der Waals surface area contributed by atoms with Gasteiger partial charge in [0.15, 0.2) is 0 Å². The van der Waals surface area contributed by atoms with Gasteiger partial charge in [-0.1, -0.05) is 116 Å². The normalized spacial score (nSPS) is 18.6. The molecule has 2 aliphatic heterocycles. The van der Waals surface area contributed by atoms with Crippen LogP contribution in [0.2, 0.25) is 0 Å². The minimum absolute atomic E-state index is 0.144. The summed E-state index contributed by atoms with van der Waals surface area (Å²) in [5.74, 6) is 2.10. The number of hydrogen-bond donors (Lipinski definition) is 0. The fraction of sp³-hybridized carbons (Fsp3) is 0.318. The summed E-state index contributed by atoms with van der Waals surface area (Å²) < 4.78 is 94.6. The van der Waals surface area contributed by atoms with Crippen LogP contribution in [0.3, 0.4) is 0 Å². The van der Waals surface area contributed by atoms with E-state index in [9.17, 15) is 2.74 Å². The molecule has 0 unspecified atom stereocenters. The van der Waals surface area contributed by atoms with E-state index in [2.05, 4.69) is 65.8 Å². The predicted molar refractivity (Wildman–Crippen MR) is 202 cm³/mol. The van der Waals surface area contributed by atoms with Crippen LogP contribution in [0, 0.1) is 0 Å². The van der Waals surface area contributed by atoms with Crippen molar-refractivity contribution in [3.63, 3.8) is 0 Å². The van der Waals surface area contributed by atoms with Gasteiger partial charge in [0.1, 0.15) is 23.0 Å². The first-order chi connectivity index (χ1) is 26.6. The molecule has 0 N–H and O–H groups in total. The van der Waals surface area contributed by atoms with Gasteiger partial charge < -0.3 is 14.4 Å². The SMILES string of the molecule is [2H]c1c([2H])c([2H])c(N(c2cc3c4c(c2)Oc2ccc(C(C)(C)C)cc2B4c2cc(C(C)(C)C)ccc2O3)c2c([2H])c([2H])c([2H])c(C3(C)CCCC3)c2[2H])c([2H])c1[2H]. The smallest absolute Gasteiger partial charge is 0.260 e. The Kier molecular flexibility index (Phi) is 5.12.